The molecule has 0 saturated carbocycles. The van der Waals surface area contributed by atoms with Crippen LogP contribution < -0.4 is 5.32 Å². The van der Waals surface area contributed by atoms with Crippen molar-refractivity contribution >= 4 is 28.8 Å². The predicted octanol–water partition coefficient (Wildman–Crippen LogP) is 3.22. The van der Waals surface area contributed by atoms with E-state index in [4.69, 9.17) is 11.6 Å². The highest BCUT2D eigenvalue weighted by atomic mass is 35.5. The van der Waals surface area contributed by atoms with Crippen LogP contribution in [0.15, 0.2) is 17.8 Å². The molecule has 0 amide bonds. The first kappa shape index (κ1) is 13.0. The van der Waals surface area contributed by atoms with Gasteiger partial charge in [-0.3, -0.25) is 4.98 Å². The third kappa shape index (κ3) is 3.30. The average molecular weight is 295 g/mol. The van der Waals surface area contributed by atoms with Crippen molar-refractivity contribution in [2.75, 3.05) is 5.32 Å². The van der Waals surface area contributed by atoms with Crippen LogP contribution in [-0.2, 0) is 12.7 Å². The summed E-state index contributed by atoms with van der Waals surface area (Å²) >= 11 is 6.90. The van der Waals surface area contributed by atoms with Gasteiger partial charge in [-0.05, 0) is 0 Å². The maximum absolute atomic E-state index is 12.4. The number of thiazole rings is 1. The van der Waals surface area contributed by atoms with Crippen LogP contribution in [0.4, 0.5) is 19.0 Å². The molecule has 0 fully saturated rings. The molecule has 0 atom stereocenters. The summed E-state index contributed by atoms with van der Waals surface area (Å²) in [7, 11) is 0. The summed E-state index contributed by atoms with van der Waals surface area (Å²) in [6.45, 7) is 0.329. The van der Waals surface area contributed by atoms with E-state index in [-0.39, 0.29) is 11.0 Å². The minimum Gasteiger partial charge on any atom is -0.365 e. The Bertz CT molecular complexity index is 529. The quantitative estimate of drug-likeness (QED) is 0.883. The van der Waals surface area contributed by atoms with E-state index < -0.39 is 12.0 Å². The van der Waals surface area contributed by atoms with Crippen LogP contribution in [0.2, 0.25) is 5.15 Å². The summed E-state index contributed by atoms with van der Waals surface area (Å²) in [5.74, 6) is -1.24. The summed E-state index contributed by atoms with van der Waals surface area (Å²) < 4.78 is 37.3. The molecule has 0 spiro atoms. The number of rotatable bonds is 3. The molecule has 96 valence electrons. The van der Waals surface area contributed by atoms with Gasteiger partial charge in [-0.1, -0.05) is 11.6 Å². The third-order valence-corrected chi connectivity index (χ3v) is 2.85. The molecule has 2 aromatic heterocycles. The highest BCUT2D eigenvalue weighted by Crippen LogP contribution is 2.28. The first-order chi connectivity index (χ1) is 8.45. The molecule has 0 bridgehead atoms. The largest absolute Gasteiger partial charge is 0.451 e. The molecule has 0 radical (unpaired) electrons. The monoisotopic (exact) mass is 294 g/mol. The van der Waals surface area contributed by atoms with Crippen LogP contribution in [0.3, 0.4) is 0 Å². The molecule has 0 aliphatic rings. The van der Waals surface area contributed by atoms with Crippen molar-refractivity contribution in [3.05, 3.63) is 33.6 Å². The second kappa shape index (κ2) is 5.07. The molecule has 0 aliphatic heterocycles. The number of hydrogen-bond acceptors (Lipinski definition) is 5. The third-order valence-electron chi connectivity index (χ3n) is 1.88. The number of nitrogens with zero attached hydrogens (tertiary/aromatic N) is 3. The topological polar surface area (TPSA) is 50.7 Å². The molecule has 2 rings (SSSR count). The number of alkyl halides is 3. The molecule has 9 heteroatoms. The molecule has 2 aromatic rings. The first-order valence-electron chi connectivity index (χ1n) is 4.68. The number of anilines is 1. The van der Waals surface area contributed by atoms with E-state index in [0.717, 1.165) is 4.88 Å². The average Bonchev–Trinajstić information content (AvgIpc) is 2.77. The predicted molar refractivity (Wildman–Crippen MR) is 61.5 cm³/mol. The molecule has 0 saturated heterocycles. The van der Waals surface area contributed by atoms with E-state index in [1.165, 1.54) is 17.4 Å². The minimum atomic E-state index is -4.62. The molecule has 2 heterocycles. The molecule has 0 aliphatic carbocycles. The van der Waals surface area contributed by atoms with Crippen LogP contribution in [0.25, 0.3) is 0 Å². The maximum atomic E-state index is 12.4. The summed E-state index contributed by atoms with van der Waals surface area (Å²) in [5.41, 5.74) is 1.63. The molecular formula is C9H6ClF3N4S. The molecule has 0 aromatic carbocycles. The van der Waals surface area contributed by atoms with Gasteiger partial charge in [0.25, 0.3) is 0 Å². The molecular weight excluding hydrogens is 289 g/mol. The van der Waals surface area contributed by atoms with Gasteiger partial charge in [0.2, 0.25) is 5.82 Å². The van der Waals surface area contributed by atoms with Crippen LogP contribution in [-0.4, -0.2) is 15.0 Å². The van der Waals surface area contributed by atoms with E-state index in [2.05, 4.69) is 20.3 Å². The van der Waals surface area contributed by atoms with Crippen LogP contribution in [0.5, 0.6) is 0 Å². The van der Waals surface area contributed by atoms with Gasteiger partial charge in [-0.2, -0.15) is 13.2 Å². The zero-order valence-electron chi connectivity index (χ0n) is 8.70. The summed E-state index contributed by atoms with van der Waals surface area (Å²) in [5, 5.41) is 2.48. The smallest absolute Gasteiger partial charge is 0.365 e. The van der Waals surface area contributed by atoms with Crippen molar-refractivity contribution in [3.63, 3.8) is 0 Å². The Morgan fingerprint density at radius 3 is 2.72 bits per heavy atom. The van der Waals surface area contributed by atoms with Gasteiger partial charge < -0.3 is 5.32 Å². The van der Waals surface area contributed by atoms with Crippen LogP contribution in [0, 0.1) is 0 Å². The number of aromatic nitrogens is 3. The fourth-order valence-electron chi connectivity index (χ4n) is 1.14. The van der Waals surface area contributed by atoms with Gasteiger partial charge in [-0.25, -0.2) is 9.97 Å². The Balaban J connectivity index is 2.15. The normalized spacial score (nSPS) is 11.6. The maximum Gasteiger partial charge on any atom is 0.451 e. The second-order valence-corrected chi connectivity index (χ2v) is 4.58. The Kier molecular flexibility index (Phi) is 3.67. The van der Waals surface area contributed by atoms with Gasteiger partial charge in [0.1, 0.15) is 11.0 Å². The number of hydrogen-bond donors (Lipinski definition) is 1. The summed E-state index contributed by atoms with van der Waals surface area (Å²) in [4.78, 5) is 11.2. The van der Waals surface area contributed by atoms with Gasteiger partial charge in [0.05, 0.1) is 12.1 Å². The fraction of sp³-hybridized carbons (Fsp3) is 0.222. The van der Waals surface area contributed by atoms with Gasteiger partial charge in [0.15, 0.2) is 0 Å². The van der Waals surface area contributed by atoms with Gasteiger partial charge in [-0.15, -0.1) is 11.3 Å². The Hall–Kier alpha value is -1.41. The lowest BCUT2D eigenvalue weighted by Crippen LogP contribution is -2.13. The van der Waals surface area contributed by atoms with E-state index in [1.54, 1.807) is 11.7 Å². The van der Waals surface area contributed by atoms with Crippen molar-refractivity contribution in [1.82, 2.24) is 15.0 Å². The lowest BCUT2D eigenvalue weighted by Gasteiger charge is -2.08. The van der Waals surface area contributed by atoms with Crippen molar-refractivity contribution in [1.29, 1.82) is 0 Å². The minimum absolute atomic E-state index is 0.0238. The molecule has 4 nitrogen and oxygen atoms in total. The first-order valence-corrected chi connectivity index (χ1v) is 5.94. The zero-order chi connectivity index (χ0) is 13.2. The Morgan fingerprint density at radius 1 is 1.33 bits per heavy atom. The Labute approximate surface area is 109 Å². The highest BCUT2D eigenvalue weighted by Gasteiger charge is 2.35. The molecule has 0 unspecified atom stereocenters. The Morgan fingerprint density at radius 2 is 2.11 bits per heavy atom. The van der Waals surface area contributed by atoms with Crippen molar-refractivity contribution in [2.45, 2.75) is 12.7 Å². The lowest BCUT2D eigenvalue weighted by atomic mass is 10.4. The van der Waals surface area contributed by atoms with Crippen LogP contribution >= 0.6 is 22.9 Å². The van der Waals surface area contributed by atoms with Crippen molar-refractivity contribution in [2.24, 2.45) is 0 Å². The van der Waals surface area contributed by atoms with Gasteiger partial charge >= 0.3 is 6.18 Å². The number of halogens is 4. The van der Waals surface area contributed by atoms with Crippen LogP contribution in [0.1, 0.15) is 10.7 Å². The molecule has 18 heavy (non-hydrogen) atoms. The molecule has 1 N–H and O–H groups in total. The fourth-order valence-corrected chi connectivity index (χ4v) is 1.86. The van der Waals surface area contributed by atoms with Gasteiger partial charge in [0, 0.05) is 17.1 Å². The van der Waals surface area contributed by atoms with E-state index in [0.29, 0.717) is 6.54 Å². The van der Waals surface area contributed by atoms with E-state index >= 15 is 0 Å². The SMILES string of the molecule is FC(F)(F)c1nc(Cl)cc(NCc2cncs2)n1. The highest BCUT2D eigenvalue weighted by molar-refractivity contribution is 7.09. The standard InChI is InChI=1S/C9H6ClF3N4S/c10-6-1-7(15-3-5-2-14-4-18-5)17-8(16-6)9(11,12)13/h1-2,4H,3H2,(H,15,16,17). The summed E-state index contributed by atoms with van der Waals surface area (Å²) in [6.07, 6.45) is -3.00. The van der Waals surface area contributed by atoms with Crippen molar-refractivity contribution in [3.8, 4) is 0 Å². The zero-order valence-corrected chi connectivity index (χ0v) is 10.3. The van der Waals surface area contributed by atoms with Crippen molar-refractivity contribution < 1.29 is 13.2 Å². The van der Waals surface area contributed by atoms with E-state index in [9.17, 15) is 13.2 Å². The second-order valence-electron chi connectivity index (χ2n) is 3.22. The number of nitrogens with one attached hydrogen (secondary N) is 1. The summed E-state index contributed by atoms with van der Waals surface area (Å²) in [6, 6.07) is 1.23. The van der Waals surface area contributed by atoms with E-state index in [1.807, 2.05) is 0 Å². The lowest BCUT2D eigenvalue weighted by molar-refractivity contribution is -0.144.